The third-order valence-corrected chi connectivity index (χ3v) is 4.75. The number of hydrogen-bond donors (Lipinski definition) is 0. The molecule has 24 heavy (non-hydrogen) atoms. The van der Waals surface area contributed by atoms with Gasteiger partial charge in [-0.15, -0.1) is 0 Å². The van der Waals surface area contributed by atoms with Gasteiger partial charge in [0.2, 0.25) is 5.91 Å². The van der Waals surface area contributed by atoms with Crippen molar-refractivity contribution >= 4 is 5.91 Å². The van der Waals surface area contributed by atoms with Gasteiger partial charge in [0.1, 0.15) is 5.75 Å². The van der Waals surface area contributed by atoms with Gasteiger partial charge in [0.05, 0.1) is 6.10 Å². The van der Waals surface area contributed by atoms with Gasteiger partial charge >= 0.3 is 0 Å². The molecule has 0 aromatic heterocycles. The van der Waals surface area contributed by atoms with Crippen molar-refractivity contribution in [2.45, 2.75) is 53.2 Å². The van der Waals surface area contributed by atoms with Crippen LogP contribution in [0.1, 0.15) is 46.1 Å². The van der Waals surface area contributed by atoms with Crippen LogP contribution in [0, 0.1) is 5.92 Å². The molecule has 1 aromatic rings. The Morgan fingerprint density at radius 3 is 2.29 bits per heavy atom. The fourth-order valence-electron chi connectivity index (χ4n) is 3.27. The van der Waals surface area contributed by atoms with Gasteiger partial charge in [-0.2, -0.15) is 0 Å². The van der Waals surface area contributed by atoms with Crippen molar-refractivity contribution in [3.8, 4) is 5.75 Å². The Balaban J connectivity index is 1.91. The Morgan fingerprint density at radius 1 is 1.08 bits per heavy atom. The predicted octanol–water partition coefficient (Wildman–Crippen LogP) is 3.55. The van der Waals surface area contributed by atoms with Gasteiger partial charge in [-0.05, 0) is 32.8 Å². The molecule has 4 nitrogen and oxygen atoms in total. The molecule has 0 aliphatic carbocycles. The Labute approximate surface area is 146 Å². The Bertz CT molecular complexity index is 518. The summed E-state index contributed by atoms with van der Waals surface area (Å²) in [6.07, 6.45) is 2.06. The highest BCUT2D eigenvalue weighted by Gasteiger charge is 2.25. The standard InChI is InChI=1S/C20H32N2O2/c1-5-17(6-2)20(23)22-13-11-21(12-14-22)15-18-9-7-8-10-19(18)24-16(3)4/h7-10,16-17H,5-6,11-15H2,1-4H3. The van der Waals surface area contributed by atoms with Gasteiger partial charge in [-0.25, -0.2) is 0 Å². The molecular formula is C20H32N2O2. The summed E-state index contributed by atoms with van der Waals surface area (Å²) >= 11 is 0. The lowest BCUT2D eigenvalue weighted by Crippen LogP contribution is -2.49. The molecule has 0 spiro atoms. The van der Waals surface area contributed by atoms with E-state index in [1.807, 2.05) is 17.0 Å². The third kappa shape index (κ3) is 4.97. The lowest BCUT2D eigenvalue weighted by Gasteiger charge is -2.36. The van der Waals surface area contributed by atoms with E-state index in [4.69, 9.17) is 4.74 Å². The van der Waals surface area contributed by atoms with Crippen LogP contribution in [0.25, 0.3) is 0 Å². The number of carbonyl (C=O) groups is 1. The van der Waals surface area contributed by atoms with E-state index >= 15 is 0 Å². The SMILES string of the molecule is CCC(CC)C(=O)N1CCN(Cc2ccccc2OC(C)C)CC1. The molecule has 1 aliphatic rings. The molecule has 0 bridgehead atoms. The van der Waals surface area contributed by atoms with E-state index in [1.165, 1.54) is 5.56 Å². The average molecular weight is 332 g/mol. The molecule has 2 rings (SSSR count). The van der Waals surface area contributed by atoms with E-state index in [2.05, 4.69) is 44.7 Å². The van der Waals surface area contributed by atoms with Gasteiger partial charge in [0.25, 0.3) is 0 Å². The minimum atomic E-state index is 0.181. The summed E-state index contributed by atoms with van der Waals surface area (Å²) in [5.41, 5.74) is 1.23. The first-order chi connectivity index (χ1) is 11.5. The van der Waals surface area contributed by atoms with Crippen molar-refractivity contribution in [2.24, 2.45) is 5.92 Å². The highest BCUT2D eigenvalue weighted by molar-refractivity contribution is 5.78. The number of nitrogens with zero attached hydrogens (tertiary/aromatic N) is 2. The molecule has 134 valence electrons. The number of rotatable bonds is 7. The Hall–Kier alpha value is -1.55. The van der Waals surface area contributed by atoms with Crippen LogP contribution in [0.15, 0.2) is 24.3 Å². The van der Waals surface area contributed by atoms with Crippen LogP contribution in [0.2, 0.25) is 0 Å². The maximum atomic E-state index is 12.5. The summed E-state index contributed by atoms with van der Waals surface area (Å²) in [7, 11) is 0. The molecule has 0 saturated carbocycles. The van der Waals surface area contributed by atoms with Crippen LogP contribution in [0.4, 0.5) is 0 Å². The number of amides is 1. The molecule has 0 radical (unpaired) electrons. The highest BCUT2D eigenvalue weighted by atomic mass is 16.5. The summed E-state index contributed by atoms with van der Waals surface area (Å²) < 4.78 is 5.92. The van der Waals surface area contributed by atoms with Crippen molar-refractivity contribution in [3.05, 3.63) is 29.8 Å². The van der Waals surface area contributed by atoms with Crippen molar-refractivity contribution in [3.63, 3.8) is 0 Å². The lowest BCUT2D eigenvalue weighted by atomic mass is 10.0. The molecule has 0 atom stereocenters. The molecule has 4 heteroatoms. The normalized spacial score (nSPS) is 16.0. The van der Waals surface area contributed by atoms with Crippen LogP contribution in [-0.4, -0.2) is 48.0 Å². The van der Waals surface area contributed by atoms with E-state index in [0.717, 1.165) is 51.3 Å². The third-order valence-electron chi connectivity index (χ3n) is 4.75. The number of carbonyl (C=O) groups excluding carboxylic acids is 1. The topological polar surface area (TPSA) is 32.8 Å². The summed E-state index contributed by atoms with van der Waals surface area (Å²) in [4.78, 5) is 17.0. The fraction of sp³-hybridized carbons (Fsp3) is 0.650. The van der Waals surface area contributed by atoms with Crippen LogP contribution in [-0.2, 0) is 11.3 Å². The second kappa shape index (κ2) is 9.07. The smallest absolute Gasteiger partial charge is 0.225 e. The molecule has 1 amide bonds. The zero-order chi connectivity index (χ0) is 17.5. The van der Waals surface area contributed by atoms with Crippen molar-refractivity contribution in [2.75, 3.05) is 26.2 Å². The second-order valence-corrected chi connectivity index (χ2v) is 6.89. The molecule has 0 N–H and O–H groups in total. The molecular weight excluding hydrogens is 300 g/mol. The molecule has 1 saturated heterocycles. The summed E-state index contributed by atoms with van der Waals surface area (Å²) in [5.74, 6) is 1.50. The summed E-state index contributed by atoms with van der Waals surface area (Å²) in [6.45, 7) is 12.7. The fourth-order valence-corrected chi connectivity index (χ4v) is 3.27. The van der Waals surface area contributed by atoms with Crippen LogP contribution < -0.4 is 4.74 Å². The zero-order valence-corrected chi connectivity index (χ0v) is 15.6. The maximum Gasteiger partial charge on any atom is 0.225 e. The predicted molar refractivity (Wildman–Crippen MR) is 98.1 cm³/mol. The number of hydrogen-bond acceptors (Lipinski definition) is 3. The first kappa shape index (κ1) is 18.8. The van der Waals surface area contributed by atoms with Gasteiger partial charge in [-0.3, -0.25) is 9.69 Å². The van der Waals surface area contributed by atoms with Crippen molar-refractivity contribution in [1.29, 1.82) is 0 Å². The molecule has 0 unspecified atom stereocenters. The van der Waals surface area contributed by atoms with Crippen LogP contribution >= 0.6 is 0 Å². The average Bonchev–Trinajstić information content (AvgIpc) is 2.58. The van der Waals surface area contributed by atoms with Crippen LogP contribution in [0.3, 0.4) is 0 Å². The summed E-state index contributed by atoms with van der Waals surface area (Å²) in [6, 6.07) is 8.27. The van der Waals surface area contributed by atoms with Gasteiger partial charge in [0, 0.05) is 44.2 Å². The first-order valence-corrected chi connectivity index (χ1v) is 9.30. The molecule has 1 aromatic carbocycles. The van der Waals surface area contributed by atoms with E-state index < -0.39 is 0 Å². The van der Waals surface area contributed by atoms with Crippen LogP contribution in [0.5, 0.6) is 5.75 Å². The largest absolute Gasteiger partial charge is 0.491 e. The Kier molecular flexibility index (Phi) is 7.10. The highest BCUT2D eigenvalue weighted by Crippen LogP contribution is 2.22. The zero-order valence-electron chi connectivity index (χ0n) is 15.6. The molecule has 1 fully saturated rings. The quantitative estimate of drug-likeness (QED) is 0.765. The minimum absolute atomic E-state index is 0.181. The maximum absolute atomic E-state index is 12.5. The van der Waals surface area contributed by atoms with Crippen molar-refractivity contribution < 1.29 is 9.53 Å². The van der Waals surface area contributed by atoms with E-state index in [9.17, 15) is 4.79 Å². The van der Waals surface area contributed by atoms with Gasteiger partial charge in [0.15, 0.2) is 0 Å². The number of piperazine rings is 1. The van der Waals surface area contributed by atoms with Crippen molar-refractivity contribution in [1.82, 2.24) is 9.80 Å². The monoisotopic (exact) mass is 332 g/mol. The molecule has 1 heterocycles. The van der Waals surface area contributed by atoms with Gasteiger partial charge < -0.3 is 9.64 Å². The van der Waals surface area contributed by atoms with Gasteiger partial charge in [-0.1, -0.05) is 32.0 Å². The second-order valence-electron chi connectivity index (χ2n) is 6.89. The number of ether oxygens (including phenoxy) is 1. The molecule has 1 aliphatic heterocycles. The summed E-state index contributed by atoms with van der Waals surface area (Å²) in [5, 5.41) is 0. The number of para-hydroxylation sites is 1. The minimum Gasteiger partial charge on any atom is -0.491 e. The van der Waals surface area contributed by atoms with E-state index in [0.29, 0.717) is 5.91 Å². The van der Waals surface area contributed by atoms with E-state index in [1.54, 1.807) is 0 Å². The first-order valence-electron chi connectivity index (χ1n) is 9.30. The van der Waals surface area contributed by atoms with E-state index in [-0.39, 0.29) is 12.0 Å². The lowest BCUT2D eigenvalue weighted by molar-refractivity contribution is -0.137. The Morgan fingerprint density at radius 2 is 1.71 bits per heavy atom. The number of benzene rings is 1.